The van der Waals surface area contributed by atoms with Crippen LogP contribution >= 0.6 is 0 Å². The van der Waals surface area contributed by atoms with Crippen molar-refractivity contribution in [1.29, 1.82) is 0 Å². The predicted octanol–water partition coefficient (Wildman–Crippen LogP) is 5.81. The zero-order valence-electron chi connectivity index (χ0n) is 19.2. The van der Waals surface area contributed by atoms with E-state index in [-0.39, 0.29) is 0 Å². The number of benzene rings is 2. The number of anilines is 3. The molecule has 0 bridgehead atoms. The van der Waals surface area contributed by atoms with E-state index in [0.717, 1.165) is 70.7 Å². The van der Waals surface area contributed by atoms with Gasteiger partial charge in [0.2, 0.25) is 0 Å². The molecule has 0 spiro atoms. The van der Waals surface area contributed by atoms with E-state index in [1.165, 1.54) is 0 Å². The van der Waals surface area contributed by atoms with Crippen LogP contribution in [0.5, 0.6) is 17.2 Å². The van der Waals surface area contributed by atoms with E-state index in [9.17, 15) is 0 Å². The Labute approximate surface area is 199 Å². The van der Waals surface area contributed by atoms with Crippen LogP contribution in [0.25, 0.3) is 6.08 Å². The summed E-state index contributed by atoms with van der Waals surface area (Å²) in [5.74, 6) is 4.10. The van der Waals surface area contributed by atoms with Crippen molar-refractivity contribution in [2.75, 3.05) is 31.0 Å². The topological polar surface area (TPSA) is 77.0 Å². The molecular formula is C27H28N4O3. The third kappa shape index (κ3) is 5.14. The first kappa shape index (κ1) is 21.8. The second-order valence-electron chi connectivity index (χ2n) is 8.13. The van der Waals surface area contributed by atoms with E-state index >= 15 is 0 Å². The number of hydrogen-bond donors (Lipinski definition) is 2. The van der Waals surface area contributed by atoms with Gasteiger partial charge in [-0.1, -0.05) is 24.3 Å². The minimum absolute atomic E-state index is 0.556. The van der Waals surface area contributed by atoms with E-state index in [1.807, 2.05) is 48.5 Å². The summed E-state index contributed by atoms with van der Waals surface area (Å²) in [4.78, 5) is 9.49. The molecule has 7 nitrogen and oxygen atoms in total. The van der Waals surface area contributed by atoms with Gasteiger partial charge in [-0.3, -0.25) is 4.99 Å². The Morgan fingerprint density at radius 1 is 1.06 bits per heavy atom. The maximum atomic E-state index is 5.72. The number of nitrogens with one attached hydrogen (secondary N) is 2. The molecule has 1 aromatic heterocycles. The average molecular weight is 457 g/mol. The van der Waals surface area contributed by atoms with Gasteiger partial charge < -0.3 is 24.8 Å². The molecule has 5 rings (SSSR count). The average Bonchev–Trinajstić information content (AvgIpc) is 2.98. The van der Waals surface area contributed by atoms with Crippen LogP contribution in [0.3, 0.4) is 0 Å². The highest BCUT2D eigenvalue weighted by atomic mass is 16.6. The van der Waals surface area contributed by atoms with Gasteiger partial charge in [-0.15, -0.1) is 0 Å². The molecule has 0 fully saturated rings. The number of nitrogens with zero attached hydrogens (tertiary/aromatic N) is 2. The maximum absolute atomic E-state index is 5.72. The molecule has 0 radical (unpaired) electrons. The standard InChI is InChI=1S/C27H28N4O3/c1-32-21-10-7-19(8-11-21)18-29-26-6-4-2-3-5-22-23(31-26)13-14-28-27(22)30-20-9-12-24-25(17-20)34-16-15-33-24/h3,5,7-14,17H,2,4,6,15-16,18H2,1H3,(H,28,30)(H,29,31). The van der Waals surface area contributed by atoms with Crippen LogP contribution in [0.15, 0.2) is 65.8 Å². The Kier molecular flexibility index (Phi) is 6.61. The summed E-state index contributed by atoms with van der Waals surface area (Å²) in [6.45, 7) is 1.75. The molecule has 2 aliphatic rings. The molecule has 34 heavy (non-hydrogen) atoms. The Morgan fingerprint density at radius 3 is 2.76 bits per heavy atom. The van der Waals surface area contributed by atoms with Gasteiger partial charge in [-0.25, -0.2) is 4.98 Å². The molecule has 0 atom stereocenters. The number of allylic oxidation sites excluding steroid dienone is 1. The van der Waals surface area contributed by atoms with Crippen LogP contribution in [0.4, 0.5) is 17.2 Å². The van der Waals surface area contributed by atoms with Crippen molar-refractivity contribution in [3.8, 4) is 17.2 Å². The zero-order valence-corrected chi connectivity index (χ0v) is 19.2. The first-order chi connectivity index (χ1) is 16.8. The van der Waals surface area contributed by atoms with Crippen LogP contribution in [-0.4, -0.2) is 31.1 Å². The number of amidine groups is 1. The van der Waals surface area contributed by atoms with Gasteiger partial charge >= 0.3 is 0 Å². The third-order valence-corrected chi connectivity index (χ3v) is 5.75. The molecule has 3 aromatic rings. The Hall–Kier alpha value is -4.00. The van der Waals surface area contributed by atoms with Gasteiger partial charge in [0.05, 0.1) is 19.3 Å². The van der Waals surface area contributed by atoms with Crippen LogP contribution in [0.2, 0.25) is 0 Å². The van der Waals surface area contributed by atoms with Crippen molar-refractivity contribution in [2.24, 2.45) is 4.99 Å². The highest BCUT2D eigenvalue weighted by Crippen LogP contribution is 2.35. The molecule has 2 aliphatic heterocycles. The molecule has 174 valence electrons. The lowest BCUT2D eigenvalue weighted by Gasteiger charge is -2.20. The van der Waals surface area contributed by atoms with Gasteiger partial charge in [0.1, 0.15) is 30.6 Å². The summed E-state index contributed by atoms with van der Waals surface area (Å²) in [6, 6.07) is 15.9. The summed E-state index contributed by atoms with van der Waals surface area (Å²) in [5.41, 5.74) is 4.01. The van der Waals surface area contributed by atoms with Crippen LogP contribution in [0, 0.1) is 0 Å². The van der Waals surface area contributed by atoms with Crippen molar-refractivity contribution >= 4 is 29.1 Å². The summed E-state index contributed by atoms with van der Waals surface area (Å²) in [5, 5.41) is 7.00. The number of aliphatic imine (C=N–C) groups is 1. The smallest absolute Gasteiger partial charge is 0.163 e. The minimum atomic E-state index is 0.556. The Morgan fingerprint density at radius 2 is 1.91 bits per heavy atom. The Balaban J connectivity index is 1.38. The Bertz CT molecular complexity index is 1200. The van der Waals surface area contributed by atoms with Crippen molar-refractivity contribution < 1.29 is 14.2 Å². The lowest BCUT2D eigenvalue weighted by Crippen LogP contribution is -2.15. The third-order valence-electron chi connectivity index (χ3n) is 5.75. The number of fused-ring (bicyclic) bond motifs is 2. The predicted molar refractivity (Wildman–Crippen MR) is 136 cm³/mol. The molecular weight excluding hydrogens is 428 g/mol. The lowest BCUT2D eigenvalue weighted by atomic mass is 10.1. The molecule has 0 amide bonds. The van der Waals surface area contributed by atoms with E-state index < -0.39 is 0 Å². The van der Waals surface area contributed by atoms with Crippen LogP contribution in [-0.2, 0) is 6.54 Å². The minimum Gasteiger partial charge on any atom is -0.497 e. The van der Waals surface area contributed by atoms with Crippen molar-refractivity contribution in [1.82, 2.24) is 4.98 Å². The number of methoxy groups -OCH3 is 1. The summed E-state index contributed by atoms with van der Waals surface area (Å²) >= 11 is 0. The molecule has 0 unspecified atom stereocenters. The largest absolute Gasteiger partial charge is 0.497 e. The second kappa shape index (κ2) is 10.3. The monoisotopic (exact) mass is 456 g/mol. The summed E-state index contributed by atoms with van der Waals surface area (Å²) in [6.07, 6.45) is 9.01. The summed E-state index contributed by atoms with van der Waals surface area (Å²) in [7, 11) is 1.67. The van der Waals surface area contributed by atoms with E-state index in [1.54, 1.807) is 13.3 Å². The van der Waals surface area contributed by atoms with Crippen LogP contribution in [0.1, 0.15) is 30.4 Å². The summed E-state index contributed by atoms with van der Waals surface area (Å²) < 4.78 is 16.6. The van der Waals surface area contributed by atoms with E-state index in [2.05, 4.69) is 27.8 Å². The molecule has 3 heterocycles. The molecule has 2 N–H and O–H groups in total. The highest BCUT2D eigenvalue weighted by molar-refractivity contribution is 5.98. The first-order valence-electron chi connectivity index (χ1n) is 11.5. The van der Waals surface area contributed by atoms with E-state index in [4.69, 9.17) is 19.2 Å². The molecule has 0 saturated carbocycles. The fourth-order valence-electron chi connectivity index (χ4n) is 3.95. The molecule has 0 aliphatic carbocycles. The van der Waals surface area contributed by atoms with Gasteiger partial charge in [0.15, 0.2) is 11.5 Å². The number of ether oxygens (including phenoxy) is 3. The van der Waals surface area contributed by atoms with Gasteiger partial charge in [-0.2, -0.15) is 0 Å². The normalized spacial score (nSPS) is 16.0. The van der Waals surface area contributed by atoms with Gasteiger partial charge in [0, 0.05) is 29.9 Å². The van der Waals surface area contributed by atoms with Crippen LogP contribution < -0.4 is 24.8 Å². The second-order valence-corrected chi connectivity index (χ2v) is 8.13. The number of pyridine rings is 1. The van der Waals surface area contributed by atoms with Crippen molar-refractivity contribution in [2.45, 2.75) is 25.8 Å². The molecule has 0 saturated heterocycles. The van der Waals surface area contributed by atoms with Crippen molar-refractivity contribution in [3.63, 3.8) is 0 Å². The van der Waals surface area contributed by atoms with Crippen molar-refractivity contribution in [3.05, 3.63) is 71.9 Å². The quantitative estimate of drug-likeness (QED) is 0.504. The fourth-order valence-corrected chi connectivity index (χ4v) is 3.95. The van der Waals surface area contributed by atoms with Gasteiger partial charge in [-0.05, 0) is 48.7 Å². The maximum Gasteiger partial charge on any atom is 0.163 e. The highest BCUT2D eigenvalue weighted by Gasteiger charge is 2.15. The SMILES string of the molecule is COc1ccc(CN=C2CCCC=Cc3c(ccnc3Nc3ccc4c(c3)OCCO4)N2)cc1. The molecule has 2 aromatic carbocycles. The number of hydrogen-bond acceptors (Lipinski definition) is 6. The number of rotatable bonds is 5. The molecule has 7 heteroatoms. The fraction of sp³-hybridized carbons (Fsp3) is 0.259. The first-order valence-corrected chi connectivity index (χ1v) is 11.5. The zero-order chi connectivity index (χ0) is 23.2. The lowest BCUT2D eigenvalue weighted by molar-refractivity contribution is 0.171. The van der Waals surface area contributed by atoms with E-state index in [0.29, 0.717) is 19.8 Å². The van der Waals surface area contributed by atoms with Gasteiger partial charge in [0.25, 0.3) is 0 Å². The number of aromatic nitrogens is 1.